The van der Waals surface area contributed by atoms with Crippen molar-refractivity contribution in [2.75, 3.05) is 13.2 Å². The van der Waals surface area contributed by atoms with E-state index in [1.165, 1.54) is 36.8 Å². The van der Waals surface area contributed by atoms with Gasteiger partial charge in [-0.3, -0.25) is 9.69 Å². The van der Waals surface area contributed by atoms with Gasteiger partial charge in [0.25, 0.3) is 0 Å². The minimum atomic E-state index is -1.75. The number of benzene rings is 2. The number of nitrogens with zero attached hydrogens (tertiary/aromatic N) is 2. The zero-order valence-corrected chi connectivity index (χ0v) is 32.1. The molecular formula is C38H62N2O3Si2. The van der Waals surface area contributed by atoms with Gasteiger partial charge in [0.05, 0.1) is 12.6 Å². The summed E-state index contributed by atoms with van der Waals surface area (Å²) >= 11 is 0. The monoisotopic (exact) mass is 650 g/mol. The van der Waals surface area contributed by atoms with Crippen molar-refractivity contribution < 1.29 is 13.6 Å². The van der Waals surface area contributed by atoms with Crippen LogP contribution in [0.4, 0.5) is 0 Å². The van der Waals surface area contributed by atoms with Crippen LogP contribution in [0.15, 0.2) is 60.7 Å². The van der Waals surface area contributed by atoms with Gasteiger partial charge in [-0.2, -0.15) is 0 Å². The first-order valence-corrected chi connectivity index (χ1v) is 23.2. The summed E-state index contributed by atoms with van der Waals surface area (Å²) in [5, 5.41) is 0.507. The minimum absolute atomic E-state index is 0.208. The van der Waals surface area contributed by atoms with Crippen LogP contribution in [0.5, 0.6) is 0 Å². The lowest BCUT2D eigenvalue weighted by atomic mass is 10.1. The molecule has 3 aliphatic rings. The lowest BCUT2D eigenvalue weighted by Crippen LogP contribution is -2.46. The Balaban J connectivity index is 0.000000205. The summed E-state index contributed by atoms with van der Waals surface area (Å²) in [5.74, 6) is 0.257. The zero-order chi connectivity index (χ0) is 33.1. The maximum Gasteiger partial charge on any atom is 0.223 e. The van der Waals surface area contributed by atoms with Gasteiger partial charge in [0.1, 0.15) is 0 Å². The summed E-state index contributed by atoms with van der Waals surface area (Å²) in [6.07, 6.45) is 7.01. The Bertz CT molecular complexity index is 1230. The zero-order valence-electron chi connectivity index (χ0n) is 30.1. The second-order valence-electron chi connectivity index (χ2n) is 16.9. The summed E-state index contributed by atoms with van der Waals surface area (Å²) < 4.78 is 12.9. The highest BCUT2D eigenvalue weighted by molar-refractivity contribution is 6.74. The van der Waals surface area contributed by atoms with Crippen molar-refractivity contribution in [2.24, 2.45) is 0 Å². The van der Waals surface area contributed by atoms with Crippen molar-refractivity contribution in [3.05, 3.63) is 71.8 Å². The van der Waals surface area contributed by atoms with E-state index in [9.17, 15) is 4.79 Å². The molecule has 1 saturated carbocycles. The number of amides is 1. The quantitative estimate of drug-likeness (QED) is 0.240. The fourth-order valence-electron chi connectivity index (χ4n) is 6.06. The Morgan fingerprint density at radius 3 is 1.62 bits per heavy atom. The first-order valence-electron chi connectivity index (χ1n) is 17.4. The third-order valence-corrected chi connectivity index (χ3v) is 20.6. The second-order valence-corrected chi connectivity index (χ2v) is 26.5. The van der Waals surface area contributed by atoms with Gasteiger partial charge in [-0.25, -0.2) is 0 Å². The van der Waals surface area contributed by atoms with Crippen molar-refractivity contribution in [1.82, 2.24) is 9.80 Å². The van der Waals surface area contributed by atoms with Crippen molar-refractivity contribution >= 4 is 22.5 Å². The number of hydrogen-bond acceptors (Lipinski definition) is 4. The molecule has 1 amide bonds. The van der Waals surface area contributed by atoms with Crippen LogP contribution in [0.3, 0.4) is 0 Å². The van der Waals surface area contributed by atoms with Crippen LogP contribution >= 0.6 is 0 Å². The van der Waals surface area contributed by atoms with Crippen LogP contribution in [0.25, 0.3) is 0 Å². The fourth-order valence-corrected chi connectivity index (χ4v) is 8.14. The molecule has 0 bridgehead atoms. The topological polar surface area (TPSA) is 42.0 Å². The van der Waals surface area contributed by atoms with Gasteiger partial charge in [-0.15, -0.1) is 0 Å². The Morgan fingerprint density at radius 1 is 0.689 bits per heavy atom. The largest absolute Gasteiger partial charge is 0.415 e. The molecule has 1 spiro atoms. The summed E-state index contributed by atoms with van der Waals surface area (Å²) in [4.78, 5) is 17.0. The van der Waals surface area contributed by atoms with E-state index in [-0.39, 0.29) is 17.0 Å². The molecule has 250 valence electrons. The van der Waals surface area contributed by atoms with Crippen LogP contribution in [-0.4, -0.2) is 63.2 Å². The van der Waals surface area contributed by atoms with E-state index in [1.807, 2.05) is 23.1 Å². The average Bonchev–Trinajstić information content (AvgIpc) is 3.57. The molecule has 5 nitrogen and oxygen atoms in total. The summed E-state index contributed by atoms with van der Waals surface area (Å²) in [6, 6.07) is 22.0. The van der Waals surface area contributed by atoms with E-state index in [1.54, 1.807) is 0 Å². The number of likely N-dealkylation sites (tertiary alicyclic amines) is 2. The summed E-state index contributed by atoms with van der Waals surface area (Å²) in [5.41, 5.74) is 3.14. The molecule has 1 aliphatic carbocycles. The third-order valence-electron chi connectivity index (χ3n) is 11.5. The van der Waals surface area contributed by atoms with Gasteiger partial charge < -0.3 is 13.8 Å². The maximum absolute atomic E-state index is 12.2. The van der Waals surface area contributed by atoms with Crippen LogP contribution in [0, 0.1) is 0 Å². The molecule has 0 N–H and O–H groups in total. The summed E-state index contributed by atoms with van der Waals surface area (Å²) in [6.45, 7) is 26.4. The van der Waals surface area contributed by atoms with E-state index >= 15 is 0 Å². The van der Waals surface area contributed by atoms with Gasteiger partial charge in [0, 0.05) is 37.7 Å². The van der Waals surface area contributed by atoms with Crippen molar-refractivity contribution in [3.8, 4) is 0 Å². The molecule has 2 atom stereocenters. The van der Waals surface area contributed by atoms with E-state index in [0.29, 0.717) is 36.2 Å². The number of carbonyl (C=O) groups excluding carboxylic acids is 1. The van der Waals surface area contributed by atoms with E-state index < -0.39 is 16.6 Å². The standard InChI is InChI=1S/C20H33NOSi.C18H29NO2Si/c1-19(2,3)23(4,5)22-16-18-11-12-20(13-14-20)21(18)15-17-9-7-6-8-10-17;1-18(2,3)22(4,5)21-14-16-11-12-17(20)19(16)13-15-9-7-6-8-10-15/h6-10,18H,11-16H2,1-5H3;6-10,16H,11-14H2,1-5H3/t18-;16-/m00/s1. The van der Waals surface area contributed by atoms with Gasteiger partial charge in [-0.1, -0.05) is 102 Å². The second kappa shape index (κ2) is 14.1. The highest BCUT2D eigenvalue weighted by atomic mass is 28.4. The Hall–Kier alpha value is -1.78. The molecule has 2 aliphatic heterocycles. The van der Waals surface area contributed by atoms with Crippen molar-refractivity contribution in [1.29, 1.82) is 0 Å². The molecule has 45 heavy (non-hydrogen) atoms. The highest BCUT2D eigenvalue weighted by Gasteiger charge is 2.54. The fraction of sp³-hybridized carbons (Fsp3) is 0.658. The molecule has 7 heteroatoms. The number of rotatable bonds is 10. The molecule has 2 aromatic rings. The minimum Gasteiger partial charge on any atom is -0.415 e. The predicted octanol–water partition coefficient (Wildman–Crippen LogP) is 9.40. The molecular weight excluding hydrogens is 589 g/mol. The van der Waals surface area contributed by atoms with Gasteiger partial charge in [-0.05, 0) is 79.5 Å². The SMILES string of the molecule is CC(C)(C)[Si](C)(C)OC[C@@H]1CCC(=O)N1Cc1ccccc1.CC(C)(C)[Si](C)(C)OC[C@@H]1CCC2(CC2)N1Cc1ccccc1. The van der Waals surface area contributed by atoms with Crippen LogP contribution in [-0.2, 0) is 26.7 Å². The molecule has 2 saturated heterocycles. The summed E-state index contributed by atoms with van der Waals surface area (Å²) in [7, 11) is -3.40. The predicted molar refractivity (Wildman–Crippen MR) is 193 cm³/mol. The van der Waals surface area contributed by atoms with Crippen LogP contribution < -0.4 is 0 Å². The first-order chi connectivity index (χ1) is 20.9. The van der Waals surface area contributed by atoms with Crippen LogP contribution in [0.1, 0.15) is 91.2 Å². The lowest BCUT2D eigenvalue weighted by Gasteiger charge is -2.38. The van der Waals surface area contributed by atoms with Crippen molar-refractivity contribution in [3.63, 3.8) is 0 Å². The third kappa shape index (κ3) is 9.19. The molecule has 0 unspecified atom stereocenters. The van der Waals surface area contributed by atoms with E-state index in [0.717, 1.165) is 19.6 Å². The number of hydrogen-bond donors (Lipinski definition) is 0. The Morgan fingerprint density at radius 2 is 1.16 bits per heavy atom. The lowest BCUT2D eigenvalue weighted by molar-refractivity contribution is -0.130. The first kappa shape index (κ1) is 36.1. The number of carbonyl (C=O) groups is 1. The van der Waals surface area contributed by atoms with E-state index in [2.05, 4.69) is 115 Å². The van der Waals surface area contributed by atoms with Gasteiger partial charge in [0.2, 0.25) is 5.91 Å². The van der Waals surface area contributed by atoms with E-state index in [4.69, 9.17) is 8.85 Å². The molecule has 2 aromatic carbocycles. The highest BCUT2D eigenvalue weighted by Crippen LogP contribution is 2.52. The maximum atomic E-state index is 12.2. The molecule has 0 radical (unpaired) electrons. The molecule has 5 rings (SSSR count). The average molecular weight is 651 g/mol. The van der Waals surface area contributed by atoms with Crippen LogP contribution in [0.2, 0.25) is 36.3 Å². The van der Waals surface area contributed by atoms with Gasteiger partial charge >= 0.3 is 0 Å². The Labute approximate surface area is 277 Å². The van der Waals surface area contributed by atoms with Gasteiger partial charge in [0.15, 0.2) is 16.6 Å². The molecule has 3 fully saturated rings. The smallest absolute Gasteiger partial charge is 0.223 e. The Kier molecular flexibility index (Phi) is 11.3. The molecule has 2 heterocycles. The normalized spacial score (nSPS) is 22.1. The van der Waals surface area contributed by atoms with Crippen molar-refractivity contribution in [2.45, 2.75) is 147 Å². The molecule has 0 aromatic heterocycles.